The second-order valence-corrected chi connectivity index (χ2v) is 8.35. The fraction of sp³-hybridized carbons (Fsp3) is 0.273. The molecule has 0 atom stereocenters. The maximum Gasteiger partial charge on any atom is 0.293 e. The van der Waals surface area contributed by atoms with Crippen LogP contribution in [0.1, 0.15) is 10.4 Å². The first-order valence-corrected chi connectivity index (χ1v) is 8.71. The summed E-state index contributed by atoms with van der Waals surface area (Å²) in [7, 11) is -0.473. The zero-order chi connectivity index (χ0) is 14.9. The maximum atomic E-state index is 12.0. The third kappa shape index (κ3) is 2.89. The van der Waals surface area contributed by atoms with Gasteiger partial charge in [0.1, 0.15) is 10.5 Å². The highest BCUT2D eigenvalue weighted by molar-refractivity contribution is 8.02. The van der Waals surface area contributed by atoms with Gasteiger partial charge in [0.2, 0.25) is 0 Å². The predicted molar refractivity (Wildman–Crippen MR) is 79.5 cm³/mol. The Hall–Kier alpha value is -1.32. The molecule has 108 valence electrons. The lowest BCUT2D eigenvalue weighted by atomic mass is 10.1. The predicted octanol–water partition coefficient (Wildman–Crippen LogP) is 1.76. The van der Waals surface area contributed by atoms with Gasteiger partial charge in [-0.25, -0.2) is 0 Å². The van der Waals surface area contributed by atoms with E-state index in [1.807, 2.05) is 0 Å². The zero-order valence-corrected chi connectivity index (χ0v) is 13.2. The summed E-state index contributed by atoms with van der Waals surface area (Å²) in [6.07, 6.45) is 1.97. The first-order chi connectivity index (χ1) is 9.35. The molecule has 1 N–H and O–H groups in total. The molecular weight excluding hydrogens is 320 g/mol. The zero-order valence-electron chi connectivity index (χ0n) is 10.7. The van der Waals surface area contributed by atoms with Crippen molar-refractivity contribution >= 4 is 45.2 Å². The largest absolute Gasteiger partial charge is 0.515 e. The van der Waals surface area contributed by atoms with Crippen LogP contribution in [0.2, 0.25) is 0 Å². The van der Waals surface area contributed by atoms with Gasteiger partial charge >= 0.3 is 0 Å². The summed E-state index contributed by atoms with van der Waals surface area (Å²) >= 11 is 2.35. The number of rotatable bonds is 3. The topological polar surface area (TPSA) is 87.0 Å². The van der Waals surface area contributed by atoms with Crippen molar-refractivity contribution in [3.63, 3.8) is 0 Å². The van der Waals surface area contributed by atoms with Crippen LogP contribution < -0.4 is 0 Å². The van der Waals surface area contributed by atoms with Crippen LogP contribution in [0.25, 0.3) is 0 Å². The lowest BCUT2D eigenvalue weighted by Crippen LogP contribution is -2.10. The summed E-state index contributed by atoms with van der Waals surface area (Å²) in [5.74, 6) is -0.000857. The molecule has 1 aromatic heterocycles. The molecule has 1 aromatic rings. The number of aliphatic hydroxyl groups is 1. The van der Waals surface area contributed by atoms with Crippen molar-refractivity contribution in [2.24, 2.45) is 4.40 Å². The van der Waals surface area contributed by atoms with Crippen LogP contribution in [0.15, 0.2) is 30.7 Å². The number of thioether (sulfide) groups is 1. The van der Waals surface area contributed by atoms with Crippen molar-refractivity contribution in [1.29, 1.82) is 0 Å². The van der Waals surface area contributed by atoms with Crippen molar-refractivity contribution in [1.82, 2.24) is 4.90 Å². The van der Waals surface area contributed by atoms with E-state index in [4.69, 9.17) is 5.11 Å². The third-order valence-electron chi connectivity index (χ3n) is 2.40. The Kier molecular flexibility index (Phi) is 4.21. The van der Waals surface area contributed by atoms with Crippen LogP contribution in [0.3, 0.4) is 0 Å². The third-order valence-corrected chi connectivity index (χ3v) is 6.54. The summed E-state index contributed by atoms with van der Waals surface area (Å²) in [4.78, 5) is 13.5. The van der Waals surface area contributed by atoms with Crippen LogP contribution in [-0.4, -0.2) is 50.4 Å². The van der Waals surface area contributed by atoms with E-state index < -0.39 is 10.0 Å². The number of hydrogen-bond donors (Lipinski definition) is 1. The summed E-state index contributed by atoms with van der Waals surface area (Å²) in [5.41, 5.74) is 0.575. The number of nitrogens with zero attached hydrogens (tertiary/aromatic N) is 2. The Balaban J connectivity index is 2.41. The van der Waals surface area contributed by atoms with Gasteiger partial charge in [0.15, 0.2) is 5.78 Å². The number of carbonyl (C=O) groups is 1. The van der Waals surface area contributed by atoms with Gasteiger partial charge in [-0.1, -0.05) is 0 Å². The SMILES string of the molecule is CN(C)C=NS(=O)(=O)c1cc2c(s1)SCC(=CO)C2=O. The quantitative estimate of drug-likeness (QED) is 0.393. The van der Waals surface area contributed by atoms with Crippen LogP contribution in [0.5, 0.6) is 0 Å². The molecule has 20 heavy (non-hydrogen) atoms. The van der Waals surface area contributed by atoms with Crippen molar-refractivity contribution in [2.75, 3.05) is 19.8 Å². The average molecular weight is 332 g/mol. The van der Waals surface area contributed by atoms with Gasteiger partial charge in [-0.15, -0.1) is 27.5 Å². The number of Topliss-reactive ketones (excluding diaryl/α,β-unsaturated/α-hetero) is 1. The van der Waals surface area contributed by atoms with Gasteiger partial charge in [0, 0.05) is 31.0 Å². The molecule has 1 aliphatic rings. The normalized spacial score (nSPS) is 17.7. The molecule has 2 rings (SSSR count). The van der Waals surface area contributed by atoms with Crippen molar-refractivity contribution < 1.29 is 18.3 Å². The molecule has 0 fully saturated rings. The first-order valence-electron chi connectivity index (χ1n) is 5.46. The Bertz CT molecular complexity index is 701. The summed E-state index contributed by atoms with van der Waals surface area (Å²) in [5, 5.41) is 8.96. The highest BCUT2D eigenvalue weighted by Crippen LogP contribution is 2.40. The molecule has 0 aliphatic carbocycles. The Morgan fingerprint density at radius 1 is 1.45 bits per heavy atom. The van der Waals surface area contributed by atoms with E-state index in [-0.39, 0.29) is 15.6 Å². The Morgan fingerprint density at radius 2 is 2.15 bits per heavy atom. The van der Waals surface area contributed by atoms with Gasteiger partial charge in [-0.3, -0.25) is 4.79 Å². The van der Waals surface area contributed by atoms with E-state index in [1.165, 1.54) is 29.1 Å². The second-order valence-electron chi connectivity index (χ2n) is 4.20. The number of hydrogen-bond acceptors (Lipinski definition) is 6. The number of fused-ring (bicyclic) bond motifs is 1. The molecule has 0 saturated carbocycles. The van der Waals surface area contributed by atoms with Gasteiger partial charge < -0.3 is 10.0 Å². The van der Waals surface area contributed by atoms with E-state index in [0.29, 0.717) is 15.5 Å². The Labute approximate surface area is 124 Å². The lowest BCUT2D eigenvalue weighted by molar-refractivity contribution is 0.102. The van der Waals surface area contributed by atoms with Gasteiger partial charge in [-0.2, -0.15) is 8.42 Å². The molecule has 1 aliphatic heterocycles. The molecule has 0 bridgehead atoms. The molecule has 6 nitrogen and oxygen atoms in total. The van der Waals surface area contributed by atoms with E-state index in [2.05, 4.69) is 4.40 Å². The molecule has 0 unspecified atom stereocenters. The van der Waals surface area contributed by atoms with Crippen LogP contribution in [0.4, 0.5) is 0 Å². The molecule has 0 aromatic carbocycles. The number of aliphatic hydroxyl groups excluding tert-OH is 1. The van der Waals surface area contributed by atoms with Crippen molar-refractivity contribution in [3.05, 3.63) is 23.5 Å². The van der Waals surface area contributed by atoms with Crippen LogP contribution >= 0.6 is 23.1 Å². The maximum absolute atomic E-state index is 12.0. The summed E-state index contributed by atoms with van der Waals surface area (Å²) in [6.45, 7) is 0. The highest BCUT2D eigenvalue weighted by Gasteiger charge is 2.28. The molecule has 2 heterocycles. The van der Waals surface area contributed by atoms with E-state index >= 15 is 0 Å². The number of carbonyl (C=O) groups excluding carboxylic acids is 1. The molecular formula is C11H12N2O4S3. The second kappa shape index (κ2) is 5.58. The fourth-order valence-electron chi connectivity index (χ4n) is 1.43. The number of thiophene rings is 1. The summed E-state index contributed by atoms with van der Waals surface area (Å²) < 4.78 is 28.2. The molecule has 0 amide bonds. The minimum atomic E-state index is -3.80. The fourth-order valence-corrected chi connectivity index (χ4v) is 5.18. The lowest BCUT2D eigenvalue weighted by Gasteiger charge is -2.10. The molecule has 0 saturated heterocycles. The van der Waals surface area contributed by atoms with Gasteiger partial charge in [0.25, 0.3) is 10.0 Å². The molecule has 0 radical (unpaired) electrons. The minimum Gasteiger partial charge on any atom is -0.515 e. The molecule has 9 heteroatoms. The standard InChI is InChI=1S/C11H12N2O4S3/c1-13(2)6-12-20(16,17)9-3-8-10(15)7(4-14)5-18-11(8)19-9/h3-4,6,14H,5H2,1-2H3. The van der Waals surface area contributed by atoms with Crippen molar-refractivity contribution in [2.45, 2.75) is 8.42 Å². The van der Waals surface area contributed by atoms with Gasteiger partial charge in [-0.05, 0) is 6.07 Å². The highest BCUT2D eigenvalue weighted by atomic mass is 32.3. The van der Waals surface area contributed by atoms with E-state index in [9.17, 15) is 13.2 Å². The first kappa shape index (κ1) is 15.1. The Morgan fingerprint density at radius 3 is 2.75 bits per heavy atom. The smallest absolute Gasteiger partial charge is 0.293 e. The van der Waals surface area contributed by atoms with E-state index in [0.717, 1.165) is 17.6 Å². The van der Waals surface area contributed by atoms with Gasteiger partial charge in [0.05, 0.1) is 10.5 Å². The minimum absolute atomic E-state index is 0.0284. The average Bonchev–Trinajstić information content (AvgIpc) is 2.83. The monoisotopic (exact) mass is 332 g/mol. The number of ketones is 1. The van der Waals surface area contributed by atoms with Crippen LogP contribution in [-0.2, 0) is 10.0 Å². The van der Waals surface area contributed by atoms with Crippen LogP contribution in [0, 0.1) is 0 Å². The number of sulfonamides is 1. The van der Waals surface area contributed by atoms with Crippen molar-refractivity contribution in [3.8, 4) is 0 Å². The summed E-state index contributed by atoms with van der Waals surface area (Å²) in [6, 6.07) is 1.32. The van der Waals surface area contributed by atoms with E-state index in [1.54, 1.807) is 14.1 Å². The molecule has 0 spiro atoms.